The van der Waals surface area contributed by atoms with Crippen molar-refractivity contribution in [2.24, 2.45) is 0 Å². The fourth-order valence-electron chi connectivity index (χ4n) is 2.40. The van der Waals surface area contributed by atoms with Crippen molar-refractivity contribution in [2.45, 2.75) is 44.9 Å². The zero-order valence-electron chi connectivity index (χ0n) is 17.6. The Morgan fingerprint density at radius 1 is 0.821 bits per heavy atom. The van der Waals surface area contributed by atoms with Gasteiger partial charge in [0.15, 0.2) is 0 Å². The van der Waals surface area contributed by atoms with E-state index in [4.69, 9.17) is 4.74 Å². The van der Waals surface area contributed by atoms with Crippen LogP contribution in [0.1, 0.15) is 44.9 Å². The van der Waals surface area contributed by atoms with Gasteiger partial charge in [0, 0.05) is 31.9 Å². The van der Waals surface area contributed by atoms with Crippen molar-refractivity contribution in [1.82, 2.24) is 21.3 Å². The molecule has 0 aromatic heterocycles. The molecule has 4 N–H and O–H groups in total. The molecule has 0 rings (SSSR count). The van der Waals surface area contributed by atoms with Crippen LogP contribution >= 0.6 is 21.6 Å². The smallest absolute Gasteiger partial charge is 0.245 e. The normalized spacial score (nSPS) is 10.8. The summed E-state index contributed by atoms with van der Waals surface area (Å²) in [6, 6.07) is 0. The molecule has 0 spiro atoms. The molecule has 0 aliphatic rings. The zero-order valence-corrected chi connectivity index (χ0v) is 19.3. The Morgan fingerprint density at radius 3 is 2.18 bits per heavy atom. The number of rotatable bonds is 21. The largest absolute Gasteiger partial charge is 0.372 e. The van der Waals surface area contributed by atoms with Gasteiger partial charge in [0.1, 0.15) is 6.61 Å². The van der Waals surface area contributed by atoms with Gasteiger partial charge in [0.2, 0.25) is 11.8 Å². The fourth-order valence-corrected chi connectivity index (χ4v) is 3.58. The van der Waals surface area contributed by atoms with Crippen molar-refractivity contribution < 1.29 is 14.3 Å². The molecule has 0 saturated heterocycles. The lowest BCUT2D eigenvalue weighted by molar-refractivity contribution is -0.125. The Morgan fingerprint density at radius 2 is 1.50 bits per heavy atom. The Hall–Kier alpha value is -0.480. The molecule has 9 heteroatoms. The van der Waals surface area contributed by atoms with Crippen LogP contribution in [0.5, 0.6) is 0 Å². The molecule has 0 aromatic rings. The van der Waals surface area contributed by atoms with Gasteiger partial charge in [0.25, 0.3) is 0 Å². The molecule has 166 valence electrons. The van der Waals surface area contributed by atoms with E-state index in [9.17, 15) is 9.59 Å². The summed E-state index contributed by atoms with van der Waals surface area (Å²) < 4.78 is 5.38. The average molecular weight is 437 g/mol. The second-order valence-electron chi connectivity index (χ2n) is 6.47. The highest BCUT2D eigenvalue weighted by atomic mass is 33.1. The fraction of sp³-hybridized carbons (Fsp3) is 0.895. The van der Waals surface area contributed by atoms with Crippen LogP contribution in [0, 0.1) is 0 Å². The van der Waals surface area contributed by atoms with Gasteiger partial charge >= 0.3 is 0 Å². The molecule has 0 heterocycles. The summed E-state index contributed by atoms with van der Waals surface area (Å²) in [5, 5.41) is 12.3. The number of hydrogen-bond acceptors (Lipinski definition) is 7. The van der Waals surface area contributed by atoms with Gasteiger partial charge in [-0.3, -0.25) is 9.59 Å². The molecular formula is C19H40N4O3S2. The minimum Gasteiger partial charge on any atom is -0.372 e. The number of unbranched alkanes of at least 4 members (excludes halogenated alkanes) is 3. The number of hydrogen-bond donors (Lipinski definition) is 4. The molecule has 0 unspecified atom stereocenters. The standard InChI is InChI=1S/C19H40N4O3S2/c1-20-10-7-11-21-12-8-15-26-17-19(25)23-14-6-4-3-5-13-22-18(24)9-16-28-27-2/h20-21H,3-17H2,1-2H3,(H,22,24)(H,23,25). The topological polar surface area (TPSA) is 91.5 Å². The number of carbonyl (C=O) groups excluding carboxylic acids is 2. The molecular weight excluding hydrogens is 396 g/mol. The van der Waals surface area contributed by atoms with Crippen molar-refractivity contribution in [3.05, 3.63) is 0 Å². The third-order valence-corrected chi connectivity index (χ3v) is 5.75. The molecule has 0 bridgehead atoms. The van der Waals surface area contributed by atoms with E-state index in [1.165, 1.54) is 0 Å². The van der Waals surface area contributed by atoms with E-state index in [2.05, 4.69) is 21.3 Å². The molecule has 0 radical (unpaired) electrons. The molecule has 0 aliphatic carbocycles. The summed E-state index contributed by atoms with van der Waals surface area (Å²) in [4.78, 5) is 23.2. The first-order valence-electron chi connectivity index (χ1n) is 10.3. The van der Waals surface area contributed by atoms with E-state index in [0.717, 1.165) is 70.5 Å². The highest BCUT2D eigenvalue weighted by Gasteiger charge is 2.02. The van der Waals surface area contributed by atoms with E-state index >= 15 is 0 Å². The molecule has 0 aliphatic heterocycles. The van der Waals surface area contributed by atoms with Crippen molar-refractivity contribution in [2.75, 3.05) is 65.0 Å². The van der Waals surface area contributed by atoms with E-state index < -0.39 is 0 Å². The Kier molecular flexibility index (Phi) is 22.4. The Bertz CT molecular complexity index is 377. The van der Waals surface area contributed by atoms with Gasteiger partial charge in [-0.05, 0) is 58.6 Å². The van der Waals surface area contributed by atoms with E-state index in [0.29, 0.717) is 19.6 Å². The lowest BCUT2D eigenvalue weighted by atomic mass is 10.2. The van der Waals surface area contributed by atoms with E-state index in [1.807, 2.05) is 13.3 Å². The van der Waals surface area contributed by atoms with Gasteiger partial charge in [-0.15, -0.1) is 0 Å². The highest BCUT2D eigenvalue weighted by Crippen LogP contribution is 2.17. The predicted molar refractivity (Wildman–Crippen MR) is 122 cm³/mol. The molecule has 0 fully saturated rings. The van der Waals surface area contributed by atoms with Crippen LogP contribution in [0.15, 0.2) is 0 Å². The minimum atomic E-state index is -0.0441. The average Bonchev–Trinajstić information content (AvgIpc) is 2.69. The van der Waals surface area contributed by atoms with Gasteiger partial charge < -0.3 is 26.0 Å². The van der Waals surface area contributed by atoms with Crippen molar-refractivity contribution in [3.8, 4) is 0 Å². The van der Waals surface area contributed by atoms with Gasteiger partial charge in [-0.25, -0.2) is 0 Å². The van der Waals surface area contributed by atoms with Crippen LogP contribution in [-0.4, -0.2) is 76.8 Å². The third-order valence-electron chi connectivity index (χ3n) is 3.93. The lowest BCUT2D eigenvalue weighted by Crippen LogP contribution is -2.29. The van der Waals surface area contributed by atoms with Gasteiger partial charge in [-0.2, -0.15) is 0 Å². The monoisotopic (exact) mass is 436 g/mol. The summed E-state index contributed by atoms with van der Waals surface area (Å²) in [6.07, 6.45) is 8.71. The molecule has 0 atom stereocenters. The maximum Gasteiger partial charge on any atom is 0.245 e. The van der Waals surface area contributed by atoms with Gasteiger partial charge in [0.05, 0.1) is 0 Å². The molecule has 2 amide bonds. The Balaban J connectivity index is 3.23. The van der Waals surface area contributed by atoms with Crippen LogP contribution in [0.4, 0.5) is 0 Å². The van der Waals surface area contributed by atoms with E-state index in [1.54, 1.807) is 21.6 Å². The predicted octanol–water partition coefficient (Wildman–Crippen LogP) is 1.79. The molecule has 7 nitrogen and oxygen atoms in total. The quantitative estimate of drug-likeness (QED) is 0.161. The van der Waals surface area contributed by atoms with Crippen molar-refractivity contribution in [3.63, 3.8) is 0 Å². The first-order valence-corrected chi connectivity index (χ1v) is 13.1. The summed E-state index contributed by atoms with van der Waals surface area (Å²) in [7, 11) is 5.35. The van der Waals surface area contributed by atoms with Gasteiger partial charge in [-0.1, -0.05) is 34.4 Å². The first kappa shape index (κ1) is 27.5. The SMILES string of the molecule is CNCCCNCCCOCC(=O)NCCCCCCNC(=O)CCSSC. The summed E-state index contributed by atoms with van der Waals surface area (Å²) in [5.74, 6) is 0.959. The number of amides is 2. The first-order chi connectivity index (χ1) is 13.7. The Labute approximate surface area is 179 Å². The molecule has 0 saturated carbocycles. The number of carbonyl (C=O) groups is 2. The lowest BCUT2D eigenvalue weighted by Gasteiger charge is -2.08. The van der Waals surface area contributed by atoms with E-state index in [-0.39, 0.29) is 18.4 Å². The maximum absolute atomic E-state index is 11.7. The molecule has 0 aromatic carbocycles. The minimum absolute atomic E-state index is 0.0441. The summed E-state index contributed by atoms with van der Waals surface area (Å²) in [5.41, 5.74) is 0. The number of ether oxygens (including phenoxy) is 1. The van der Waals surface area contributed by atoms with Crippen LogP contribution in [0.2, 0.25) is 0 Å². The zero-order chi connectivity index (χ0) is 20.7. The summed E-state index contributed by atoms with van der Waals surface area (Å²) >= 11 is 0. The number of nitrogens with one attached hydrogen (secondary N) is 4. The maximum atomic E-state index is 11.7. The second kappa shape index (κ2) is 22.8. The second-order valence-corrected chi connectivity index (χ2v) is 9.15. The molecule has 28 heavy (non-hydrogen) atoms. The van der Waals surface area contributed by atoms with Crippen LogP contribution < -0.4 is 21.3 Å². The van der Waals surface area contributed by atoms with Crippen LogP contribution in [-0.2, 0) is 14.3 Å². The summed E-state index contributed by atoms with van der Waals surface area (Å²) in [6.45, 7) is 5.13. The van der Waals surface area contributed by atoms with Crippen molar-refractivity contribution in [1.29, 1.82) is 0 Å². The highest BCUT2D eigenvalue weighted by molar-refractivity contribution is 8.76. The van der Waals surface area contributed by atoms with Crippen LogP contribution in [0.3, 0.4) is 0 Å². The third kappa shape index (κ3) is 21.8. The van der Waals surface area contributed by atoms with Crippen LogP contribution in [0.25, 0.3) is 0 Å². The van der Waals surface area contributed by atoms with Crippen molar-refractivity contribution >= 4 is 33.4 Å².